The van der Waals surface area contributed by atoms with Crippen LogP contribution in [0.2, 0.25) is 0 Å². The molecule has 2 aliphatic rings. The molecule has 3 rings (SSSR count). The van der Waals surface area contributed by atoms with E-state index in [0.717, 1.165) is 31.7 Å². The zero-order chi connectivity index (χ0) is 12.9. The van der Waals surface area contributed by atoms with Crippen molar-refractivity contribution in [2.24, 2.45) is 5.92 Å². The van der Waals surface area contributed by atoms with Crippen molar-refractivity contribution in [3.05, 3.63) is 35.4 Å². The predicted octanol–water partition coefficient (Wildman–Crippen LogP) is 3.65. The third kappa shape index (κ3) is 4.32. The minimum atomic E-state index is 0.767. The number of rotatable bonds is 8. The molecule has 0 radical (unpaired) electrons. The van der Waals surface area contributed by atoms with E-state index < -0.39 is 0 Å². The molecule has 2 nitrogen and oxygen atoms in total. The molecule has 0 aliphatic heterocycles. The molecule has 2 saturated carbocycles. The summed E-state index contributed by atoms with van der Waals surface area (Å²) in [5.74, 6) is 0.955. The summed E-state index contributed by atoms with van der Waals surface area (Å²) < 4.78 is 5.76. The first-order valence-electron chi connectivity index (χ1n) is 7.79. The summed E-state index contributed by atoms with van der Waals surface area (Å²) >= 11 is 0. The van der Waals surface area contributed by atoms with Crippen molar-refractivity contribution in [2.45, 2.75) is 57.7 Å². The van der Waals surface area contributed by atoms with Crippen molar-refractivity contribution in [1.29, 1.82) is 0 Å². The van der Waals surface area contributed by atoms with Gasteiger partial charge in [0, 0.05) is 19.2 Å². The highest BCUT2D eigenvalue weighted by molar-refractivity contribution is 5.22. The summed E-state index contributed by atoms with van der Waals surface area (Å²) in [5, 5.41) is 3.54. The second-order valence-corrected chi connectivity index (χ2v) is 6.11. The van der Waals surface area contributed by atoms with Crippen LogP contribution in [0.3, 0.4) is 0 Å². The fourth-order valence-electron chi connectivity index (χ4n) is 2.52. The van der Waals surface area contributed by atoms with Gasteiger partial charge in [-0.1, -0.05) is 43.5 Å². The van der Waals surface area contributed by atoms with Gasteiger partial charge in [0.15, 0.2) is 0 Å². The Labute approximate surface area is 116 Å². The van der Waals surface area contributed by atoms with Gasteiger partial charge in [-0.15, -0.1) is 0 Å². The molecular formula is C17H25NO. The van der Waals surface area contributed by atoms with E-state index in [-0.39, 0.29) is 0 Å². The van der Waals surface area contributed by atoms with Gasteiger partial charge in [0.05, 0.1) is 6.61 Å². The van der Waals surface area contributed by atoms with Crippen molar-refractivity contribution >= 4 is 0 Å². The standard InChI is InChI=1S/C17H25NO/c1-2-14(3-1)10-11-19-13-16-6-4-15(5-7-16)12-18-17-8-9-17/h4-7,14,17-18H,1-3,8-13H2. The smallest absolute Gasteiger partial charge is 0.0716 e. The summed E-state index contributed by atoms with van der Waals surface area (Å²) in [6.45, 7) is 2.70. The van der Waals surface area contributed by atoms with Crippen LogP contribution < -0.4 is 5.32 Å². The Morgan fingerprint density at radius 3 is 2.37 bits per heavy atom. The maximum Gasteiger partial charge on any atom is 0.0716 e. The van der Waals surface area contributed by atoms with Crippen LogP contribution >= 0.6 is 0 Å². The van der Waals surface area contributed by atoms with Gasteiger partial charge in [-0.25, -0.2) is 0 Å². The van der Waals surface area contributed by atoms with Gasteiger partial charge < -0.3 is 10.1 Å². The van der Waals surface area contributed by atoms with Crippen LogP contribution in [-0.4, -0.2) is 12.6 Å². The minimum absolute atomic E-state index is 0.767. The minimum Gasteiger partial charge on any atom is -0.377 e. The predicted molar refractivity (Wildman–Crippen MR) is 77.9 cm³/mol. The maximum absolute atomic E-state index is 5.76. The lowest BCUT2D eigenvalue weighted by atomic mass is 9.83. The highest BCUT2D eigenvalue weighted by Gasteiger charge is 2.19. The molecule has 2 fully saturated rings. The molecule has 0 amide bonds. The first kappa shape index (κ1) is 13.1. The van der Waals surface area contributed by atoms with Gasteiger partial charge in [-0.2, -0.15) is 0 Å². The van der Waals surface area contributed by atoms with Crippen LogP contribution in [0.15, 0.2) is 24.3 Å². The van der Waals surface area contributed by atoms with Crippen molar-refractivity contribution in [3.63, 3.8) is 0 Å². The Morgan fingerprint density at radius 2 is 1.74 bits per heavy atom. The van der Waals surface area contributed by atoms with E-state index in [1.807, 2.05) is 0 Å². The fraction of sp³-hybridized carbons (Fsp3) is 0.647. The average Bonchev–Trinajstić information content (AvgIpc) is 3.19. The van der Waals surface area contributed by atoms with Gasteiger partial charge in [0.1, 0.15) is 0 Å². The Kier molecular flexibility index (Phi) is 4.52. The molecule has 104 valence electrons. The summed E-state index contributed by atoms with van der Waals surface area (Å²) in [6, 6.07) is 9.63. The normalized spacial score (nSPS) is 19.4. The number of hydrogen-bond acceptors (Lipinski definition) is 2. The van der Waals surface area contributed by atoms with Crippen molar-refractivity contribution in [1.82, 2.24) is 5.32 Å². The zero-order valence-electron chi connectivity index (χ0n) is 11.7. The molecule has 0 spiro atoms. The number of ether oxygens (including phenoxy) is 1. The Balaban J connectivity index is 1.33. The molecule has 2 heteroatoms. The molecule has 0 atom stereocenters. The number of nitrogens with one attached hydrogen (secondary N) is 1. The second-order valence-electron chi connectivity index (χ2n) is 6.11. The SMILES string of the molecule is c1cc(COCCC2CCC2)ccc1CNC1CC1. The largest absolute Gasteiger partial charge is 0.377 e. The van der Waals surface area contributed by atoms with E-state index in [1.165, 1.54) is 49.7 Å². The Morgan fingerprint density at radius 1 is 1.00 bits per heavy atom. The lowest BCUT2D eigenvalue weighted by Gasteiger charge is -2.24. The van der Waals surface area contributed by atoms with Gasteiger partial charge >= 0.3 is 0 Å². The van der Waals surface area contributed by atoms with Gasteiger partial charge in [-0.3, -0.25) is 0 Å². The molecule has 1 N–H and O–H groups in total. The molecule has 0 unspecified atom stereocenters. The zero-order valence-corrected chi connectivity index (χ0v) is 11.7. The van der Waals surface area contributed by atoms with Crippen LogP contribution in [0.4, 0.5) is 0 Å². The molecule has 1 aromatic rings. The summed E-state index contributed by atoms with van der Waals surface area (Å²) in [6.07, 6.45) is 8.24. The van der Waals surface area contributed by atoms with E-state index in [1.54, 1.807) is 0 Å². The first-order valence-corrected chi connectivity index (χ1v) is 7.79. The van der Waals surface area contributed by atoms with Crippen LogP contribution in [0.5, 0.6) is 0 Å². The topological polar surface area (TPSA) is 21.3 Å². The second kappa shape index (κ2) is 6.53. The van der Waals surface area contributed by atoms with Crippen molar-refractivity contribution in [3.8, 4) is 0 Å². The lowest BCUT2D eigenvalue weighted by Crippen LogP contribution is -2.15. The Bertz CT molecular complexity index is 379. The molecular weight excluding hydrogens is 234 g/mol. The molecule has 19 heavy (non-hydrogen) atoms. The monoisotopic (exact) mass is 259 g/mol. The summed E-state index contributed by atoms with van der Waals surface area (Å²) in [4.78, 5) is 0. The quantitative estimate of drug-likeness (QED) is 0.720. The van der Waals surface area contributed by atoms with E-state index >= 15 is 0 Å². The molecule has 0 aromatic heterocycles. The van der Waals surface area contributed by atoms with E-state index in [9.17, 15) is 0 Å². The van der Waals surface area contributed by atoms with Crippen LogP contribution in [-0.2, 0) is 17.9 Å². The molecule has 0 saturated heterocycles. The average molecular weight is 259 g/mol. The fourth-order valence-corrected chi connectivity index (χ4v) is 2.52. The third-order valence-corrected chi connectivity index (χ3v) is 4.36. The van der Waals surface area contributed by atoms with Crippen LogP contribution in [0.1, 0.15) is 49.7 Å². The van der Waals surface area contributed by atoms with E-state index in [4.69, 9.17) is 4.74 Å². The van der Waals surface area contributed by atoms with Crippen LogP contribution in [0.25, 0.3) is 0 Å². The van der Waals surface area contributed by atoms with Crippen molar-refractivity contribution in [2.75, 3.05) is 6.61 Å². The lowest BCUT2D eigenvalue weighted by molar-refractivity contribution is 0.0950. The van der Waals surface area contributed by atoms with Gasteiger partial charge in [-0.05, 0) is 36.3 Å². The number of benzene rings is 1. The van der Waals surface area contributed by atoms with E-state index in [0.29, 0.717) is 0 Å². The summed E-state index contributed by atoms with van der Waals surface area (Å²) in [5.41, 5.74) is 2.67. The molecule has 2 aliphatic carbocycles. The van der Waals surface area contributed by atoms with Gasteiger partial charge in [0.2, 0.25) is 0 Å². The van der Waals surface area contributed by atoms with Crippen LogP contribution in [0, 0.1) is 5.92 Å². The number of hydrogen-bond donors (Lipinski definition) is 1. The molecule has 0 heterocycles. The highest BCUT2D eigenvalue weighted by Crippen LogP contribution is 2.29. The highest BCUT2D eigenvalue weighted by atomic mass is 16.5. The Hall–Kier alpha value is -0.860. The maximum atomic E-state index is 5.76. The van der Waals surface area contributed by atoms with E-state index in [2.05, 4.69) is 29.6 Å². The third-order valence-electron chi connectivity index (χ3n) is 4.36. The first-order chi connectivity index (χ1) is 9.40. The van der Waals surface area contributed by atoms with Gasteiger partial charge in [0.25, 0.3) is 0 Å². The van der Waals surface area contributed by atoms with Crippen molar-refractivity contribution < 1.29 is 4.74 Å². The summed E-state index contributed by atoms with van der Waals surface area (Å²) in [7, 11) is 0. The molecule has 0 bridgehead atoms. The molecule has 1 aromatic carbocycles.